The summed E-state index contributed by atoms with van der Waals surface area (Å²) < 4.78 is 2.21. The van der Waals surface area contributed by atoms with E-state index in [1.54, 1.807) is 0 Å². The van der Waals surface area contributed by atoms with Crippen molar-refractivity contribution in [2.45, 2.75) is 33.7 Å². The molecule has 1 aromatic heterocycles. The van der Waals surface area contributed by atoms with Crippen molar-refractivity contribution >= 4 is 0 Å². The fourth-order valence-electron chi connectivity index (χ4n) is 1.14. The molecule has 0 radical (unpaired) electrons. The van der Waals surface area contributed by atoms with E-state index in [9.17, 15) is 0 Å². The van der Waals surface area contributed by atoms with Gasteiger partial charge in [0.05, 0.1) is 0 Å². The van der Waals surface area contributed by atoms with E-state index < -0.39 is 0 Å². The van der Waals surface area contributed by atoms with Crippen LogP contribution in [0, 0.1) is 12.8 Å². The van der Waals surface area contributed by atoms with Gasteiger partial charge < -0.3 is 4.57 Å². The lowest BCUT2D eigenvalue weighted by atomic mass is 10.1. The van der Waals surface area contributed by atoms with E-state index in [0.717, 1.165) is 5.82 Å². The van der Waals surface area contributed by atoms with Crippen molar-refractivity contribution in [1.29, 1.82) is 0 Å². The Balaban J connectivity index is 2.84. The van der Waals surface area contributed by atoms with Crippen molar-refractivity contribution in [1.82, 2.24) is 9.55 Å². The molecule has 0 saturated carbocycles. The van der Waals surface area contributed by atoms with Crippen molar-refractivity contribution in [2.75, 3.05) is 0 Å². The van der Waals surface area contributed by atoms with Crippen molar-refractivity contribution in [3.05, 3.63) is 18.2 Å². The van der Waals surface area contributed by atoms with Gasteiger partial charge in [-0.25, -0.2) is 4.98 Å². The Kier molecular flexibility index (Phi) is 2.32. The smallest absolute Gasteiger partial charge is 0.105 e. The molecule has 1 heterocycles. The third kappa shape index (κ3) is 1.62. The maximum absolute atomic E-state index is 4.18. The Labute approximate surface area is 68.3 Å². The van der Waals surface area contributed by atoms with E-state index in [-0.39, 0.29) is 0 Å². The molecular weight excluding hydrogens is 136 g/mol. The minimum atomic E-state index is 0.553. The minimum absolute atomic E-state index is 0.553. The molecule has 2 heteroatoms. The maximum Gasteiger partial charge on any atom is 0.105 e. The molecule has 0 aliphatic rings. The van der Waals surface area contributed by atoms with Crippen LogP contribution in [0.3, 0.4) is 0 Å². The summed E-state index contributed by atoms with van der Waals surface area (Å²) in [6.07, 6.45) is 3.90. The summed E-state index contributed by atoms with van der Waals surface area (Å²) in [6, 6.07) is 0.553. The number of imidazole rings is 1. The molecule has 62 valence electrons. The highest BCUT2D eigenvalue weighted by molar-refractivity contribution is 4.91. The number of aromatic nitrogens is 2. The van der Waals surface area contributed by atoms with Crippen LogP contribution in [0.5, 0.6) is 0 Å². The van der Waals surface area contributed by atoms with E-state index in [4.69, 9.17) is 0 Å². The normalized spacial score (nSPS) is 13.9. The molecule has 11 heavy (non-hydrogen) atoms. The largest absolute Gasteiger partial charge is 0.332 e. The predicted molar refractivity (Wildman–Crippen MR) is 46.5 cm³/mol. The van der Waals surface area contributed by atoms with Gasteiger partial charge in [-0.05, 0) is 19.8 Å². The molecule has 0 aromatic carbocycles. The van der Waals surface area contributed by atoms with E-state index in [1.807, 2.05) is 19.3 Å². The summed E-state index contributed by atoms with van der Waals surface area (Å²) in [5, 5.41) is 0. The summed E-state index contributed by atoms with van der Waals surface area (Å²) in [5.74, 6) is 1.77. The van der Waals surface area contributed by atoms with Gasteiger partial charge in [0.15, 0.2) is 0 Å². The Hall–Kier alpha value is -0.790. The molecule has 2 nitrogen and oxygen atoms in total. The van der Waals surface area contributed by atoms with Gasteiger partial charge in [0.1, 0.15) is 5.82 Å². The van der Waals surface area contributed by atoms with Crippen LogP contribution in [0.4, 0.5) is 0 Å². The lowest BCUT2D eigenvalue weighted by molar-refractivity contribution is 0.401. The van der Waals surface area contributed by atoms with Crippen molar-refractivity contribution in [2.24, 2.45) is 5.92 Å². The first-order valence-electron chi connectivity index (χ1n) is 4.12. The Morgan fingerprint density at radius 3 is 2.36 bits per heavy atom. The number of hydrogen-bond donors (Lipinski definition) is 0. The molecule has 1 atom stereocenters. The third-order valence-corrected chi connectivity index (χ3v) is 2.27. The molecule has 0 N–H and O–H groups in total. The number of nitrogens with zero attached hydrogens (tertiary/aromatic N) is 2. The summed E-state index contributed by atoms with van der Waals surface area (Å²) in [5.41, 5.74) is 0. The molecule has 1 rings (SSSR count). The van der Waals surface area contributed by atoms with Gasteiger partial charge in [0, 0.05) is 18.4 Å². The second-order valence-electron chi connectivity index (χ2n) is 3.37. The number of rotatable bonds is 2. The van der Waals surface area contributed by atoms with Crippen LogP contribution in [-0.2, 0) is 0 Å². The second kappa shape index (κ2) is 3.07. The highest BCUT2D eigenvalue weighted by Gasteiger charge is 2.09. The second-order valence-corrected chi connectivity index (χ2v) is 3.37. The molecule has 0 fully saturated rings. The molecule has 0 aliphatic heterocycles. The van der Waals surface area contributed by atoms with Crippen molar-refractivity contribution < 1.29 is 0 Å². The fraction of sp³-hybridized carbons (Fsp3) is 0.667. The van der Waals surface area contributed by atoms with Gasteiger partial charge in [-0.1, -0.05) is 13.8 Å². The van der Waals surface area contributed by atoms with Crippen LogP contribution in [-0.4, -0.2) is 9.55 Å². The summed E-state index contributed by atoms with van der Waals surface area (Å²) >= 11 is 0. The molecule has 0 amide bonds. The molecule has 0 aliphatic carbocycles. The quantitative estimate of drug-likeness (QED) is 0.636. The van der Waals surface area contributed by atoms with E-state index >= 15 is 0 Å². The lowest BCUT2D eigenvalue weighted by Gasteiger charge is -2.18. The van der Waals surface area contributed by atoms with E-state index in [1.165, 1.54) is 0 Å². The first-order chi connectivity index (χ1) is 5.13. The van der Waals surface area contributed by atoms with Gasteiger partial charge in [-0.3, -0.25) is 0 Å². The van der Waals surface area contributed by atoms with E-state index in [2.05, 4.69) is 30.3 Å². The zero-order chi connectivity index (χ0) is 8.43. The summed E-state index contributed by atoms with van der Waals surface area (Å²) in [6.45, 7) is 8.71. The zero-order valence-electron chi connectivity index (χ0n) is 7.70. The molecule has 0 bridgehead atoms. The standard InChI is InChI=1S/C9H16N2/c1-7(2)8(3)11-6-5-10-9(11)4/h5-8H,1-4H3. The van der Waals surface area contributed by atoms with Gasteiger partial charge >= 0.3 is 0 Å². The monoisotopic (exact) mass is 152 g/mol. The molecule has 0 saturated heterocycles. The van der Waals surface area contributed by atoms with E-state index in [0.29, 0.717) is 12.0 Å². The fourth-order valence-corrected chi connectivity index (χ4v) is 1.14. The maximum atomic E-state index is 4.18. The predicted octanol–water partition coefficient (Wildman–Crippen LogP) is 2.41. The molecule has 1 unspecified atom stereocenters. The van der Waals surface area contributed by atoms with Gasteiger partial charge in [-0.15, -0.1) is 0 Å². The SMILES string of the molecule is Cc1nccn1C(C)C(C)C. The first-order valence-corrected chi connectivity index (χ1v) is 4.12. The average molecular weight is 152 g/mol. The lowest BCUT2D eigenvalue weighted by Crippen LogP contribution is -2.11. The zero-order valence-corrected chi connectivity index (χ0v) is 7.70. The minimum Gasteiger partial charge on any atom is -0.332 e. The van der Waals surface area contributed by atoms with Crippen LogP contribution in [0.25, 0.3) is 0 Å². The van der Waals surface area contributed by atoms with Crippen molar-refractivity contribution in [3.63, 3.8) is 0 Å². The Morgan fingerprint density at radius 2 is 2.00 bits per heavy atom. The molecular formula is C9H16N2. The number of hydrogen-bond acceptors (Lipinski definition) is 1. The highest BCUT2D eigenvalue weighted by Crippen LogP contribution is 2.17. The first kappa shape index (κ1) is 8.31. The van der Waals surface area contributed by atoms with Gasteiger partial charge in [-0.2, -0.15) is 0 Å². The Morgan fingerprint density at radius 1 is 1.36 bits per heavy atom. The highest BCUT2D eigenvalue weighted by atomic mass is 15.1. The Bertz CT molecular complexity index is 225. The molecule has 0 spiro atoms. The summed E-state index contributed by atoms with van der Waals surface area (Å²) in [4.78, 5) is 4.18. The van der Waals surface area contributed by atoms with Crippen LogP contribution in [0.15, 0.2) is 12.4 Å². The molecule has 1 aromatic rings. The van der Waals surface area contributed by atoms with Gasteiger partial charge in [0.2, 0.25) is 0 Å². The van der Waals surface area contributed by atoms with Crippen LogP contribution < -0.4 is 0 Å². The van der Waals surface area contributed by atoms with Crippen LogP contribution in [0.2, 0.25) is 0 Å². The third-order valence-electron chi connectivity index (χ3n) is 2.27. The van der Waals surface area contributed by atoms with Crippen molar-refractivity contribution in [3.8, 4) is 0 Å². The summed E-state index contributed by atoms with van der Waals surface area (Å²) in [7, 11) is 0. The van der Waals surface area contributed by atoms with Gasteiger partial charge in [0.25, 0.3) is 0 Å². The van der Waals surface area contributed by atoms with Crippen LogP contribution in [0.1, 0.15) is 32.6 Å². The average Bonchev–Trinajstić information content (AvgIpc) is 2.33. The van der Waals surface area contributed by atoms with Crippen LogP contribution >= 0.6 is 0 Å². The topological polar surface area (TPSA) is 17.8 Å². The number of aryl methyl sites for hydroxylation is 1.